The molecule has 6 heteroatoms. The molecule has 0 saturated carbocycles. The first-order valence-electron chi connectivity index (χ1n) is 7.45. The van der Waals surface area contributed by atoms with Crippen molar-refractivity contribution >= 4 is 33.7 Å². The smallest absolute Gasteiger partial charge is 0.256 e. The second-order valence-corrected chi connectivity index (χ2v) is 6.39. The minimum absolute atomic E-state index is 0.000131. The van der Waals surface area contributed by atoms with E-state index in [-0.39, 0.29) is 11.7 Å². The van der Waals surface area contributed by atoms with Crippen molar-refractivity contribution < 1.29 is 9.59 Å². The number of thiophene rings is 1. The quantitative estimate of drug-likeness (QED) is 0.820. The summed E-state index contributed by atoms with van der Waals surface area (Å²) in [5.74, 6) is 0.435. The summed E-state index contributed by atoms with van der Waals surface area (Å²) in [4.78, 5) is 26.9. The first-order valence-corrected chi connectivity index (χ1v) is 8.27. The van der Waals surface area contributed by atoms with Gasteiger partial charge in [0.05, 0.1) is 16.1 Å². The van der Waals surface area contributed by atoms with E-state index in [1.807, 2.05) is 6.92 Å². The molecule has 1 aliphatic rings. The van der Waals surface area contributed by atoms with Gasteiger partial charge in [-0.2, -0.15) is 0 Å². The number of nitrogens with one attached hydrogen (secondary N) is 1. The fraction of sp³-hybridized carbons (Fsp3) is 0.600. The Morgan fingerprint density at radius 3 is 2.67 bits per heavy atom. The van der Waals surface area contributed by atoms with E-state index in [1.54, 1.807) is 7.05 Å². The Kier molecular flexibility index (Phi) is 4.88. The third-order valence-electron chi connectivity index (χ3n) is 4.11. The summed E-state index contributed by atoms with van der Waals surface area (Å²) in [6, 6.07) is 0. The molecule has 21 heavy (non-hydrogen) atoms. The Labute approximate surface area is 129 Å². The van der Waals surface area contributed by atoms with E-state index in [2.05, 4.69) is 17.1 Å². The number of hydrogen-bond donors (Lipinski definition) is 2. The van der Waals surface area contributed by atoms with E-state index in [1.165, 1.54) is 11.3 Å². The first-order chi connectivity index (χ1) is 10.0. The number of ketones is 1. The van der Waals surface area contributed by atoms with E-state index < -0.39 is 0 Å². The lowest BCUT2D eigenvalue weighted by Crippen LogP contribution is -2.25. The summed E-state index contributed by atoms with van der Waals surface area (Å²) < 4.78 is 0. The van der Waals surface area contributed by atoms with Crippen molar-refractivity contribution in [3.05, 3.63) is 10.4 Å². The van der Waals surface area contributed by atoms with Crippen molar-refractivity contribution in [3.63, 3.8) is 0 Å². The van der Waals surface area contributed by atoms with Crippen LogP contribution in [0.25, 0.3) is 0 Å². The topological polar surface area (TPSA) is 75.4 Å². The predicted molar refractivity (Wildman–Crippen MR) is 87.4 cm³/mol. The summed E-state index contributed by atoms with van der Waals surface area (Å²) in [5, 5.41) is 3.48. The summed E-state index contributed by atoms with van der Waals surface area (Å²) in [7, 11) is 1.59. The fourth-order valence-electron chi connectivity index (χ4n) is 2.72. The minimum Gasteiger partial charge on any atom is -0.397 e. The Balaban J connectivity index is 2.44. The second kappa shape index (κ2) is 6.47. The van der Waals surface area contributed by atoms with Crippen molar-refractivity contribution in [2.75, 3.05) is 30.8 Å². The Morgan fingerprint density at radius 2 is 2.14 bits per heavy atom. The molecule has 0 aliphatic carbocycles. The molecular weight excluding hydrogens is 286 g/mol. The number of hydrogen-bond acceptors (Lipinski definition) is 5. The fourth-order valence-corrected chi connectivity index (χ4v) is 3.98. The Hall–Kier alpha value is -1.56. The molecule has 1 amide bonds. The molecule has 116 valence electrons. The monoisotopic (exact) mass is 309 g/mol. The number of carbonyl (C=O) groups is 2. The third-order valence-corrected chi connectivity index (χ3v) is 5.41. The third kappa shape index (κ3) is 2.90. The van der Waals surface area contributed by atoms with Crippen LogP contribution in [0.3, 0.4) is 0 Å². The van der Waals surface area contributed by atoms with Crippen LogP contribution >= 0.6 is 11.3 Å². The SMILES string of the molecule is CCC(=O)c1sc(N2CCC(CC)C2)c(C(=O)NC)c1N. The molecule has 1 fully saturated rings. The van der Waals surface area contributed by atoms with Crippen LogP contribution in [-0.2, 0) is 0 Å². The summed E-state index contributed by atoms with van der Waals surface area (Å²) in [6.45, 7) is 5.84. The van der Waals surface area contributed by atoms with Gasteiger partial charge in [-0.15, -0.1) is 11.3 Å². The molecule has 1 saturated heterocycles. The highest BCUT2D eigenvalue weighted by atomic mass is 32.1. The van der Waals surface area contributed by atoms with Crippen LogP contribution in [-0.4, -0.2) is 31.8 Å². The number of nitrogens with two attached hydrogens (primary N) is 1. The molecule has 1 unspecified atom stereocenters. The van der Waals surface area contributed by atoms with Crippen LogP contribution in [0.4, 0.5) is 10.7 Å². The number of carbonyl (C=O) groups excluding carboxylic acids is 2. The highest BCUT2D eigenvalue weighted by Crippen LogP contribution is 2.41. The maximum absolute atomic E-state index is 12.2. The van der Waals surface area contributed by atoms with E-state index in [9.17, 15) is 9.59 Å². The van der Waals surface area contributed by atoms with Crippen molar-refractivity contribution in [2.24, 2.45) is 5.92 Å². The number of nitrogens with zero attached hydrogens (tertiary/aromatic N) is 1. The van der Waals surface area contributed by atoms with Gasteiger partial charge in [0.15, 0.2) is 5.78 Å². The maximum Gasteiger partial charge on any atom is 0.256 e. The van der Waals surface area contributed by atoms with Crippen LogP contribution in [0.15, 0.2) is 0 Å². The van der Waals surface area contributed by atoms with Gasteiger partial charge in [-0.1, -0.05) is 20.3 Å². The van der Waals surface area contributed by atoms with Crippen molar-refractivity contribution in [1.82, 2.24) is 5.32 Å². The van der Waals surface area contributed by atoms with Gasteiger partial charge >= 0.3 is 0 Å². The largest absolute Gasteiger partial charge is 0.397 e. The first kappa shape index (κ1) is 15.8. The van der Waals surface area contributed by atoms with Gasteiger partial charge in [0.25, 0.3) is 5.91 Å². The van der Waals surface area contributed by atoms with Gasteiger partial charge in [0.2, 0.25) is 0 Å². The predicted octanol–water partition coefficient (Wildman–Crippen LogP) is 2.52. The zero-order chi connectivity index (χ0) is 15.6. The minimum atomic E-state index is -0.214. The molecule has 5 nitrogen and oxygen atoms in total. The van der Waals surface area contributed by atoms with Crippen LogP contribution < -0.4 is 16.0 Å². The maximum atomic E-state index is 12.2. The highest BCUT2D eigenvalue weighted by molar-refractivity contribution is 7.19. The van der Waals surface area contributed by atoms with Crippen molar-refractivity contribution in [1.29, 1.82) is 0 Å². The van der Waals surface area contributed by atoms with E-state index >= 15 is 0 Å². The molecule has 3 N–H and O–H groups in total. The number of rotatable bonds is 5. The normalized spacial score (nSPS) is 18.0. The average molecular weight is 309 g/mol. The molecule has 1 aliphatic heterocycles. The van der Waals surface area contributed by atoms with Crippen LogP contribution in [0.1, 0.15) is 53.1 Å². The zero-order valence-corrected chi connectivity index (χ0v) is 13.7. The lowest BCUT2D eigenvalue weighted by Gasteiger charge is -2.18. The van der Waals surface area contributed by atoms with E-state index in [4.69, 9.17) is 5.73 Å². The van der Waals surface area contributed by atoms with E-state index in [0.29, 0.717) is 28.5 Å². The van der Waals surface area contributed by atoms with E-state index in [0.717, 1.165) is 30.9 Å². The van der Waals surface area contributed by atoms with Crippen molar-refractivity contribution in [2.45, 2.75) is 33.1 Å². The van der Waals surface area contributed by atoms with Gasteiger partial charge in [-0.3, -0.25) is 9.59 Å². The van der Waals surface area contributed by atoms with Gasteiger partial charge in [0.1, 0.15) is 5.00 Å². The lowest BCUT2D eigenvalue weighted by atomic mass is 10.1. The molecule has 0 bridgehead atoms. The second-order valence-electron chi connectivity index (χ2n) is 5.39. The number of nitrogen functional groups attached to an aromatic ring is 1. The number of amides is 1. The lowest BCUT2D eigenvalue weighted by molar-refractivity contribution is 0.0964. The van der Waals surface area contributed by atoms with Crippen molar-refractivity contribution in [3.8, 4) is 0 Å². The molecule has 0 spiro atoms. The molecule has 2 rings (SSSR count). The average Bonchev–Trinajstić information content (AvgIpc) is 3.09. The van der Waals surface area contributed by atoms with Crippen LogP contribution in [0, 0.1) is 5.92 Å². The van der Waals surface area contributed by atoms with Crippen LogP contribution in [0.2, 0.25) is 0 Å². The van der Waals surface area contributed by atoms with Gasteiger partial charge < -0.3 is 16.0 Å². The van der Waals surface area contributed by atoms with Crippen LogP contribution in [0.5, 0.6) is 0 Å². The Morgan fingerprint density at radius 1 is 1.43 bits per heavy atom. The standard InChI is InChI=1S/C15H23N3O2S/c1-4-9-6-7-18(8-9)15-11(14(20)17-3)12(16)13(21-15)10(19)5-2/h9H,4-8,16H2,1-3H3,(H,17,20). The summed E-state index contributed by atoms with van der Waals surface area (Å²) in [5.41, 5.74) is 6.90. The summed E-state index contributed by atoms with van der Waals surface area (Å²) >= 11 is 1.36. The zero-order valence-electron chi connectivity index (χ0n) is 12.9. The molecular formula is C15H23N3O2S. The summed E-state index contributed by atoms with van der Waals surface area (Å²) in [6.07, 6.45) is 2.65. The van der Waals surface area contributed by atoms with Gasteiger partial charge in [0, 0.05) is 26.6 Å². The molecule has 1 aromatic heterocycles. The molecule has 1 atom stereocenters. The molecule has 0 aromatic carbocycles. The molecule has 0 radical (unpaired) electrons. The molecule has 2 heterocycles. The van der Waals surface area contributed by atoms with Gasteiger partial charge in [-0.05, 0) is 12.3 Å². The molecule has 1 aromatic rings. The number of Topliss-reactive ketones (excluding diaryl/α,β-unsaturated/α-hetero) is 1. The van der Waals surface area contributed by atoms with Gasteiger partial charge in [-0.25, -0.2) is 0 Å². The number of anilines is 2. The Bertz CT molecular complexity index is 553. The highest BCUT2D eigenvalue weighted by Gasteiger charge is 2.30.